The van der Waals surface area contributed by atoms with Gasteiger partial charge in [-0.25, -0.2) is 0 Å². The highest BCUT2D eigenvalue weighted by atomic mass is 35.5. The van der Waals surface area contributed by atoms with Crippen molar-refractivity contribution in [2.24, 2.45) is 0 Å². The van der Waals surface area contributed by atoms with Crippen LogP contribution in [-0.4, -0.2) is 43.8 Å². The van der Waals surface area contributed by atoms with E-state index in [-0.39, 0.29) is 25.1 Å². The Bertz CT molecular complexity index is 503. The van der Waals surface area contributed by atoms with E-state index in [4.69, 9.17) is 21.1 Å². The van der Waals surface area contributed by atoms with E-state index in [1.54, 1.807) is 12.1 Å². The number of nitrogens with zero attached hydrogens (tertiary/aromatic N) is 1. The smallest absolute Gasteiger partial charge is 0.254 e. The zero-order valence-electron chi connectivity index (χ0n) is 10.9. The largest absolute Gasteiger partial charge is 0.454 e. The third-order valence-corrected chi connectivity index (χ3v) is 3.58. The van der Waals surface area contributed by atoms with Gasteiger partial charge in [-0.15, -0.1) is 12.4 Å². The summed E-state index contributed by atoms with van der Waals surface area (Å²) in [6.45, 7) is 3.40. The van der Waals surface area contributed by atoms with E-state index in [2.05, 4.69) is 5.32 Å². The van der Waals surface area contributed by atoms with Crippen LogP contribution in [0.25, 0.3) is 0 Å². The van der Waals surface area contributed by atoms with Crippen molar-refractivity contribution in [2.75, 3.05) is 33.0 Å². The third-order valence-electron chi connectivity index (χ3n) is 3.30. The lowest BCUT2D eigenvalue weighted by Crippen LogP contribution is -2.34. The van der Waals surface area contributed by atoms with Crippen molar-refractivity contribution < 1.29 is 14.3 Å². The first-order valence-corrected chi connectivity index (χ1v) is 6.72. The summed E-state index contributed by atoms with van der Waals surface area (Å²) in [5, 5.41) is 3.69. The number of hydrogen-bond donors (Lipinski definition) is 1. The molecular weight excluding hydrogens is 303 g/mol. The molecule has 0 atom stereocenters. The van der Waals surface area contributed by atoms with Crippen LogP contribution >= 0.6 is 24.0 Å². The first-order valence-electron chi connectivity index (χ1n) is 6.35. The Morgan fingerprint density at radius 3 is 2.95 bits per heavy atom. The molecule has 0 aliphatic carbocycles. The molecule has 110 valence electrons. The molecule has 20 heavy (non-hydrogen) atoms. The molecular formula is C13H16Cl2N2O3. The maximum Gasteiger partial charge on any atom is 0.254 e. The standard InChI is InChI=1S/C13H15ClN2O3.ClH/c14-10-6-9(7-11-12(10)19-8-18-11)13(17)16-4-1-2-15-3-5-16;/h6-7,15H,1-5,8H2;1H. The zero-order chi connectivity index (χ0) is 13.2. The molecule has 2 heterocycles. The predicted molar refractivity (Wildman–Crippen MR) is 78.2 cm³/mol. The minimum absolute atomic E-state index is 0. The average molecular weight is 319 g/mol. The van der Waals surface area contributed by atoms with E-state index < -0.39 is 0 Å². The highest BCUT2D eigenvalue weighted by Gasteiger charge is 2.23. The van der Waals surface area contributed by atoms with Crippen molar-refractivity contribution in [1.82, 2.24) is 10.2 Å². The van der Waals surface area contributed by atoms with Gasteiger partial charge in [0.2, 0.25) is 6.79 Å². The van der Waals surface area contributed by atoms with Gasteiger partial charge in [-0.05, 0) is 25.1 Å². The van der Waals surface area contributed by atoms with Crippen molar-refractivity contribution in [3.05, 3.63) is 22.7 Å². The number of carbonyl (C=O) groups is 1. The van der Waals surface area contributed by atoms with E-state index in [1.807, 2.05) is 4.90 Å². The van der Waals surface area contributed by atoms with Crippen LogP contribution < -0.4 is 14.8 Å². The Morgan fingerprint density at radius 2 is 2.10 bits per heavy atom. The number of amides is 1. The Labute approximate surface area is 128 Å². The molecule has 5 nitrogen and oxygen atoms in total. The highest BCUT2D eigenvalue weighted by Crippen LogP contribution is 2.40. The number of carbonyl (C=O) groups excluding carboxylic acids is 1. The van der Waals surface area contributed by atoms with Gasteiger partial charge in [0.05, 0.1) is 5.02 Å². The summed E-state index contributed by atoms with van der Waals surface area (Å²) in [7, 11) is 0. The molecule has 0 bridgehead atoms. The van der Waals surface area contributed by atoms with E-state index >= 15 is 0 Å². The molecule has 2 aliphatic rings. The number of halogens is 2. The van der Waals surface area contributed by atoms with E-state index in [9.17, 15) is 4.79 Å². The summed E-state index contributed by atoms with van der Waals surface area (Å²) in [6.07, 6.45) is 0.962. The zero-order valence-corrected chi connectivity index (χ0v) is 12.4. The second kappa shape index (κ2) is 6.52. The van der Waals surface area contributed by atoms with Crippen molar-refractivity contribution in [2.45, 2.75) is 6.42 Å². The molecule has 1 aromatic carbocycles. The van der Waals surface area contributed by atoms with Gasteiger partial charge in [-0.2, -0.15) is 0 Å². The van der Waals surface area contributed by atoms with Gasteiger partial charge in [-0.1, -0.05) is 11.6 Å². The summed E-state index contributed by atoms with van der Waals surface area (Å²) in [5.74, 6) is 1.06. The SMILES string of the molecule is Cl.O=C(c1cc(Cl)c2c(c1)OCO2)N1CCCNCC1. The van der Waals surface area contributed by atoms with Crippen LogP contribution in [0.2, 0.25) is 5.02 Å². The molecule has 7 heteroatoms. The number of hydrogen-bond acceptors (Lipinski definition) is 4. The van der Waals surface area contributed by atoms with Crippen LogP contribution in [0.5, 0.6) is 11.5 Å². The number of nitrogens with one attached hydrogen (secondary N) is 1. The summed E-state index contributed by atoms with van der Waals surface area (Å²) >= 11 is 6.10. The maximum atomic E-state index is 12.4. The highest BCUT2D eigenvalue weighted by molar-refractivity contribution is 6.32. The average Bonchev–Trinajstić information content (AvgIpc) is 2.72. The monoisotopic (exact) mass is 318 g/mol. The molecule has 2 aliphatic heterocycles. The molecule has 1 fully saturated rings. The van der Waals surface area contributed by atoms with Crippen molar-refractivity contribution >= 4 is 29.9 Å². The minimum atomic E-state index is -0.0103. The molecule has 0 spiro atoms. The molecule has 0 aromatic heterocycles. The van der Waals surface area contributed by atoms with E-state index in [0.717, 1.165) is 26.1 Å². The van der Waals surface area contributed by atoms with Crippen molar-refractivity contribution in [3.8, 4) is 11.5 Å². The topological polar surface area (TPSA) is 50.8 Å². The number of benzene rings is 1. The molecule has 1 aromatic rings. The fourth-order valence-corrected chi connectivity index (χ4v) is 2.59. The second-order valence-corrected chi connectivity index (χ2v) is 4.99. The van der Waals surface area contributed by atoms with Gasteiger partial charge in [0, 0.05) is 25.2 Å². The fourth-order valence-electron chi connectivity index (χ4n) is 2.32. The van der Waals surface area contributed by atoms with E-state index in [1.165, 1.54) is 0 Å². The van der Waals surface area contributed by atoms with Crippen LogP contribution in [0.3, 0.4) is 0 Å². The van der Waals surface area contributed by atoms with Crippen molar-refractivity contribution in [3.63, 3.8) is 0 Å². The summed E-state index contributed by atoms with van der Waals surface area (Å²) < 4.78 is 10.5. The molecule has 0 radical (unpaired) electrons. The lowest BCUT2D eigenvalue weighted by Gasteiger charge is -2.20. The van der Waals surface area contributed by atoms with Crippen LogP contribution in [0.15, 0.2) is 12.1 Å². The lowest BCUT2D eigenvalue weighted by atomic mass is 10.1. The molecule has 3 rings (SSSR count). The second-order valence-electron chi connectivity index (χ2n) is 4.59. The van der Waals surface area contributed by atoms with Crippen LogP contribution in [0, 0.1) is 0 Å². The first kappa shape index (κ1) is 15.2. The molecule has 0 saturated carbocycles. The lowest BCUT2D eigenvalue weighted by molar-refractivity contribution is 0.0766. The summed E-state index contributed by atoms with van der Waals surface area (Å²) in [6, 6.07) is 3.35. The Kier molecular flexibility index (Phi) is 4.96. The Morgan fingerprint density at radius 1 is 1.25 bits per heavy atom. The minimum Gasteiger partial charge on any atom is -0.454 e. The third kappa shape index (κ3) is 2.95. The normalized spacial score (nSPS) is 17.4. The van der Waals surface area contributed by atoms with Gasteiger partial charge in [0.15, 0.2) is 11.5 Å². The first-order chi connectivity index (χ1) is 9.25. The van der Waals surface area contributed by atoms with Gasteiger partial charge in [0.1, 0.15) is 0 Å². The fraction of sp³-hybridized carbons (Fsp3) is 0.462. The van der Waals surface area contributed by atoms with Crippen LogP contribution in [-0.2, 0) is 0 Å². The Hall–Kier alpha value is -1.17. The maximum absolute atomic E-state index is 12.4. The Balaban J connectivity index is 0.00000147. The van der Waals surface area contributed by atoms with Gasteiger partial charge >= 0.3 is 0 Å². The van der Waals surface area contributed by atoms with Gasteiger partial charge in [0.25, 0.3) is 5.91 Å². The summed E-state index contributed by atoms with van der Waals surface area (Å²) in [4.78, 5) is 14.3. The van der Waals surface area contributed by atoms with Gasteiger partial charge in [-0.3, -0.25) is 4.79 Å². The van der Waals surface area contributed by atoms with Crippen molar-refractivity contribution in [1.29, 1.82) is 0 Å². The quantitative estimate of drug-likeness (QED) is 0.859. The molecule has 1 amide bonds. The number of rotatable bonds is 1. The molecule has 0 unspecified atom stereocenters. The van der Waals surface area contributed by atoms with E-state index in [0.29, 0.717) is 28.6 Å². The van der Waals surface area contributed by atoms with Crippen LogP contribution in [0.4, 0.5) is 0 Å². The number of fused-ring (bicyclic) bond motifs is 1. The molecule has 1 saturated heterocycles. The summed E-state index contributed by atoms with van der Waals surface area (Å²) in [5.41, 5.74) is 0.552. The number of ether oxygens (including phenoxy) is 2. The predicted octanol–water partition coefficient (Wildman–Crippen LogP) is 1.93. The molecule has 1 N–H and O–H groups in total. The van der Waals surface area contributed by atoms with Gasteiger partial charge < -0.3 is 19.7 Å². The van der Waals surface area contributed by atoms with Crippen LogP contribution in [0.1, 0.15) is 16.8 Å².